The molecule has 0 spiro atoms. The molecule has 1 aliphatic rings. The standard InChI is InChI=1S/C19H22N4O2S/c1-10-7-14(12(3)26-10)16-8-15(17-11(2)22-25-18(17)21-16)19(24)23-6-4-5-13(20)9-23/h7-8,13H,4-6,9,20H2,1-3H3. The van der Waals surface area contributed by atoms with E-state index in [2.05, 4.69) is 30.1 Å². The van der Waals surface area contributed by atoms with Crippen LogP contribution in [-0.4, -0.2) is 40.1 Å². The van der Waals surface area contributed by atoms with Gasteiger partial charge in [-0.3, -0.25) is 4.79 Å². The third-order valence-corrected chi connectivity index (χ3v) is 5.88. The van der Waals surface area contributed by atoms with Crippen LogP contribution in [0.4, 0.5) is 0 Å². The zero-order valence-electron chi connectivity index (χ0n) is 15.2. The molecule has 6 nitrogen and oxygen atoms in total. The summed E-state index contributed by atoms with van der Waals surface area (Å²) < 4.78 is 5.40. The molecule has 1 fully saturated rings. The number of hydrogen-bond acceptors (Lipinski definition) is 6. The molecule has 7 heteroatoms. The van der Waals surface area contributed by atoms with Crippen molar-refractivity contribution in [1.82, 2.24) is 15.0 Å². The van der Waals surface area contributed by atoms with Crippen LogP contribution in [0.25, 0.3) is 22.4 Å². The summed E-state index contributed by atoms with van der Waals surface area (Å²) >= 11 is 1.72. The average Bonchev–Trinajstić information content (AvgIpc) is 3.15. The predicted octanol–water partition coefficient (Wildman–Crippen LogP) is 3.44. The topological polar surface area (TPSA) is 85.2 Å². The van der Waals surface area contributed by atoms with Gasteiger partial charge in [0, 0.05) is 34.4 Å². The van der Waals surface area contributed by atoms with Gasteiger partial charge in [-0.05, 0) is 45.7 Å². The Bertz CT molecular complexity index is 991. The lowest BCUT2D eigenvalue weighted by Crippen LogP contribution is -2.45. The number of thiophene rings is 1. The monoisotopic (exact) mass is 370 g/mol. The minimum absolute atomic E-state index is 0.0234. The van der Waals surface area contributed by atoms with E-state index in [0.717, 1.165) is 30.6 Å². The number of aryl methyl sites for hydroxylation is 3. The van der Waals surface area contributed by atoms with Crippen molar-refractivity contribution in [2.75, 3.05) is 13.1 Å². The van der Waals surface area contributed by atoms with Gasteiger partial charge < -0.3 is 15.2 Å². The van der Waals surface area contributed by atoms with Crippen molar-refractivity contribution in [3.63, 3.8) is 0 Å². The van der Waals surface area contributed by atoms with E-state index in [4.69, 9.17) is 10.3 Å². The van der Waals surface area contributed by atoms with Gasteiger partial charge in [0.05, 0.1) is 22.3 Å². The molecule has 4 heterocycles. The zero-order chi connectivity index (χ0) is 18.4. The zero-order valence-corrected chi connectivity index (χ0v) is 16.0. The number of aromatic nitrogens is 2. The molecule has 26 heavy (non-hydrogen) atoms. The second-order valence-corrected chi connectivity index (χ2v) is 8.44. The Morgan fingerprint density at radius 3 is 2.85 bits per heavy atom. The molecule has 1 amide bonds. The smallest absolute Gasteiger partial charge is 0.259 e. The number of piperidine rings is 1. The average molecular weight is 370 g/mol. The first-order valence-corrected chi connectivity index (χ1v) is 9.65. The number of likely N-dealkylation sites (tertiary alicyclic amines) is 1. The van der Waals surface area contributed by atoms with Gasteiger partial charge in [-0.15, -0.1) is 11.3 Å². The van der Waals surface area contributed by atoms with E-state index in [1.807, 2.05) is 17.9 Å². The number of nitrogens with two attached hydrogens (primary N) is 1. The summed E-state index contributed by atoms with van der Waals surface area (Å²) in [6.07, 6.45) is 1.89. The molecule has 136 valence electrons. The van der Waals surface area contributed by atoms with E-state index in [9.17, 15) is 4.79 Å². The molecule has 0 aromatic carbocycles. The highest BCUT2D eigenvalue weighted by molar-refractivity contribution is 7.12. The fourth-order valence-corrected chi connectivity index (χ4v) is 4.58. The van der Waals surface area contributed by atoms with Gasteiger partial charge >= 0.3 is 0 Å². The van der Waals surface area contributed by atoms with E-state index in [-0.39, 0.29) is 11.9 Å². The van der Waals surface area contributed by atoms with Crippen molar-refractivity contribution in [3.05, 3.63) is 33.1 Å². The third kappa shape index (κ3) is 2.91. The normalized spacial score (nSPS) is 17.8. The second-order valence-electron chi connectivity index (χ2n) is 6.98. The molecule has 1 aliphatic heterocycles. The van der Waals surface area contributed by atoms with Crippen molar-refractivity contribution in [2.45, 2.75) is 39.7 Å². The minimum Gasteiger partial charge on any atom is -0.337 e. The number of rotatable bonds is 2. The number of hydrogen-bond donors (Lipinski definition) is 1. The van der Waals surface area contributed by atoms with Crippen LogP contribution in [0.5, 0.6) is 0 Å². The number of carbonyl (C=O) groups is 1. The maximum absolute atomic E-state index is 13.3. The lowest BCUT2D eigenvalue weighted by molar-refractivity contribution is 0.0710. The first-order chi connectivity index (χ1) is 12.4. The summed E-state index contributed by atoms with van der Waals surface area (Å²) in [6, 6.07) is 4.02. The molecule has 4 rings (SSSR count). The van der Waals surface area contributed by atoms with Gasteiger partial charge in [-0.25, -0.2) is 4.98 Å². The van der Waals surface area contributed by atoms with Crippen LogP contribution in [0.1, 0.15) is 38.6 Å². The lowest BCUT2D eigenvalue weighted by Gasteiger charge is -2.31. The molecule has 0 bridgehead atoms. The van der Waals surface area contributed by atoms with Crippen molar-refractivity contribution in [1.29, 1.82) is 0 Å². The van der Waals surface area contributed by atoms with Gasteiger partial charge in [0.2, 0.25) is 0 Å². The number of carbonyl (C=O) groups excluding carboxylic acids is 1. The second kappa shape index (κ2) is 6.48. The quantitative estimate of drug-likeness (QED) is 0.747. The third-order valence-electron chi connectivity index (χ3n) is 4.91. The van der Waals surface area contributed by atoms with Crippen LogP contribution in [0, 0.1) is 20.8 Å². The molecular weight excluding hydrogens is 348 g/mol. The van der Waals surface area contributed by atoms with Crippen LogP contribution in [-0.2, 0) is 0 Å². The summed E-state index contributed by atoms with van der Waals surface area (Å²) in [5.41, 5.74) is 9.55. The first-order valence-electron chi connectivity index (χ1n) is 8.83. The molecule has 0 radical (unpaired) electrons. The predicted molar refractivity (Wildman–Crippen MR) is 102 cm³/mol. The largest absolute Gasteiger partial charge is 0.337 e. The van der Waals surface area contributed by atoms with Gasteiger partial charge in [0.25, 0.3) is 11.6 Å². The Balaban J connectivity index is 1.85. The fourth-order valence-electron chi connectivity index (χ4n) is 3.65. The van der Waals surface area contributed by atoms with Gasteiger partial charge in [0.1, 0.15) is 0 Å². The summed E-state index contributed by atoms with van der Waals surface area (Å²) in [5.74, 6) is -0.0234. The van der Waals surface area contributed by atoms with Crippen molar-refractivity contribution >= 4 is 28.3 Å². The van der Waals surface area contributed by atoms with E-state index < -0.39 is 0 Å². The highest BCUT2D eigenvalue weighted by Crippen LogP contribution is 2.33. The maximum Gasteiger partial charge on any atom is 0.259 e. The van der Waals surface area contributed by atoms with E-state index >= 15 is 0 Å². The number of fused-ring (bicyclic) bond motifs is 1. The number of pyridine rings is 1. The molecular formula is C19H22N4O2S. The van der Waals surface area contributed by atoms with Gasteiger partial charge in [0.15, 0.2) is 0 Å². The summed E-state index contributed by atoms with van der Waals surface area (Å²) in [5, 5.41) is 4.73. The maximum atomic E-state index is 13.3. The van der Waals surface area contributed by atoms with Crippen LogP contribution in [0.2, 0.25) is 0 Å². The molecule has 1 atom stereocenters. The summed E-state index contributed by atoms with van der Waals surface area (Å²) in [6.45, 7) is 7.28. The number of nitrogens with zero attached hydrogens (tertiary/aromatic N) is 3. The molecule has 0 aliphatic carbocycles. The SMILES string of the molecule is Cc1cc(-c2cc(C(=O)N3CCCC(N)C3)c3c(C)noc3n2)c(C)s1. The number of amides is 1. The molecule has 2 N–H and O–H groups in total. The van der Waals surface area contributed by atoms with Crippen LogP contribution >= 0.6 is 11.3 Å². The fraction of sp³-hybridized carbons (Fsp3) is 0.421. The molecule has 1 saturated heterocycles. The van der Waals surface area contributed by atoms with Crippen LogP contribution in [0.3, 0.4) is 0 Å². The van der Waals surface area contributed by atoms with Crippen LogP contribution < -0.4 is 5.73 Å². The summed E-state index contributed by atoms with van der Waals surface area (Å²) in [7, 11) is 0. The van der Waals surface area contributed by atoms with Crippen LogP contribution in [0.15, 0.2) is 16.7 Å². The lowest BCUT2D eigenvalue weighted by atomic mass is 10.0. The molecule has 1 unspecified atom stereocenters. The Morgan fingerprint density at radius 1 is 1.35 bits per heavy atom. The Kier molecular flexibility index (Phi) is 4.28. The Morgan fingerprint density at radius 2 is 2.15 bits per heavy atom. The Labute approximate surface area is 156 Å². The van der Waals surface area contributed by atoms with Crippen molar-refractivity contribution in [3.8, 4) is 11.3 Å². The van der Waals surface area contributed by atoms with Gasteiger partial charge in [-0.2, -0.15) is 0 Å². The van der Waals surface area contributed by atoms with Crippen molar-refractivity contribution in [2.24, 2.45) is 5.73 Å². The first kappa shape index (κ1) is 17.2. The molecule has 3 aromatic heterocycles. The van der Waals surface area contributed by atoms with Crippen molar-refractivity contribution < 1.29 is 9.32 Å². The highest BCUT2D eigenvalue weighted by Gasteiger charge is 2.27. The molecule has 3 aromatic rings. The van der Waals surface area contributed by atoms with E-state index in [1.165, 1.54) is 9.75 Å². The molecule has 0 saturated carbocycles. The van der Waals surface area contributed by atoms with Gasteiger partial charge in [-0.1, -0.05) is 5.16 Å². The van der Waals surface area contributed by atoms with E-state index in [1.54, 1.807) is 11.3 Å². The highest BCUT2D eigenvalue weighted by atomic mass is 32.1. The Hall–Kier alpha value is -2.25. The summed E-state index contributed by atoms with van der Waals surface area (Å²) in [4.78, 5) is 22.1. The minimum atomic E-state index is -0.0234. The van der Waals surface area contributed by atoms with E-state index in [0.29, 0.717) is 28.9 Å².